The smallest absolute Gasteiger partial charge is 0.258 e. The number of hydrogen-bond donors (Lipinski definition) is 2. The zero-order chi connectivity index (χ0) is 13.0. The van der Waals surface area contributed by atoms with Gasteiger partial charge in [-0.25, -0.2) is 5.84 Å². The van der Waals surface area contributed by atoms with Crippen LogP contribution in [0.3, 0.4) is 0 Å². The molecule has 2 rings (SSSR count). The van der Waals surface area contributed by atoms with Gasteiger partial charge in [0.1, 0.15) is 6.04 Å². The lowest BCUT2D eigenvalue weighted by molar-refractivity contribution is -0.136. The summed E-state index contributed by atoms with van der Waals surface area (Å²) in [6.07, 6.45) is 0. The molecule has 0 spiro atoms. The summed E-state index contributed by atoms with van der Waals surface area (Å²) in [6, 6.07) is 9.54. The van der Waals surface area contributed by atoms with E-state index in [4.69, 9.17) is 5.84 Å². The molecule has 1 aliphatic heterocycles. The standard InChI is InChI=1S/C13H20N4O/c1-16(14)13(18)12(11-5-3-2-4-6-11)17-9-7-15-8-10-17/h2-6,12,15H,7-10,14H2,1H3. The van der Waals surface area contributed by atoms with E-state index in [2.05, 4.69) is 10.2 Å². The Morgan fingerprint density at radius 1 is 1.33 bits per heavy atom. The Morgan fingerprint density at radius 2 is 1.94 bits per heavy atom. The zero-order valence-corrected chi connectivity index (χ0v) is 10.7. The monoisotopic (exact) mass is 248 g/mol. The third-order valence-electron chi connectivity index (χ3n) is 3.21. The first kappa shape index (κ1) is 13.0. The van der Waals surface area contributed by atoms with Crippen LogP contribution in [-0.4, -0.2) is 49.0 Å². The molecule has 98 valence electrons. The molecule has 1 aliphatic rings. The van der Waals surface area contributed by atoms with Gasteiger partial charge in [-0.3, -0.25) is 14.7 Å². The van der Waals surface area contributed by atoms with Crippen LogP contribution in [0.25, 0.3) is 0 Å². The van der Waals surface area contributed by atoms with E-state index in [0.29, 0.717) is 0 Å². The number of nitrogens with zero attached hydrogens (tertiary/aromatic N) is 2. The number of hydrogen-bond acceptors (Lipinski definition) is 4. The Hall–Kier alpha value is -1.43. The first-order valence-electron chi connectivity index (χ1n) is 6.22. The Bertz CT molecular complexity index is 387. The van der Waals surface area contributed by atoms with E-state index in [1.54, 1.807) is 7.05 Å². The fourth-order valence-electron chi connectivity index (χ4n) is 2.28. The molecule has 1 amide bonds. The van der Waals surface area contributed by atoms with E-state index >= 15 is 0 Å². The highest BCUT2D eigenvalue weighted by Gasteiger charge is 2.29. The van der Waals surface area contributed by atoms with Crippen molar-refractivity contribution in [2.75, 3.05) is 33.2 Å². The molecule has 1 aromatic carbocycles. The first-order valence-corrected chi connectivity index (χ1v) is 6.22. The molecule has 0 radical (unpaired) electrons. The summed E-state index contributed by atoms with van der Waals surface area (Å²) >= 11 is 0. The second-order valence-corrected chi connectivity index (χ2v) is 4.55. The minimum Gasteiger partial charge on any atom is -0.314 e. The molecule has 0 aliphatic carbocycles. The number of carbonyl (C=O) groups excluding carboxylic acids is 1. The lowest BCUT2D eigenvalue weighted by atomic mass is 10.0. The van der Waals surface area contributed by atoms with Gasteiger partial charge in [0.2, 0.25) is 0 Å². The van der Waals surface area contributed by atoms with Crippen molar-refractivity contribution < 1.29 is 4.79 Å². The van der Waals surface area contributed by atoms with Crippen molar-refractivity contribution in [3.05, 3.63) is 35.9 Å². The van der Waals surface area contributed by atoms with E-state index < -0.39 is 0 Å². The van der Waals surface area contributed by atoms with E-state index in [9.17, 15) is 4.79 Å². The lowest BCUT2D eigenvalue weighted by Gasteiger charge is -2.35. The quantitative estimate of drug-likeness (QED) is 0.448. The third kappa shape index (κ3) is 2.87. The summed E-state index contributed by atoms with van der Waals surface area (Å²) in [6.45, 7) is 3.54. The van der Waals surface area contributed by atoms with Crippen LogP contribution in [0.2, 0.25) is 0 Å². The molecule has 18 heavy (non-hydrogen) atoms. The van der Waals surface area contributed by atoms with E-state index in [1.165, 1.54) is 5.01 Å². The average Bonchev–Trinajstić information content (AvgIpc) is 2.41. The van der Waals surface area contributed by atoms with Crippen LogP contribution in [0.4, 0.5) is 0 Å². The highest BCUT2D eigenvalue weighted by molar-refractivity contribution is 5.82. The Morgan fingerprint density at radius 3 is 2.50 bits per heavy atom. The second kappa shape index (κ2) is 5.95. The molecule has 0 aromatic heterocycles. The van der Waals surface area contributed by atoms with Crippen LogP contribution in [0.15, 0.2) is 30.3 Å². The lowest BCUT2D eigenvalue weighted by Crippen LogP contribution is -2.50. The van der Waals surface area contributed by atoms with Gasteiger partial charge in [0, 0.05) is 33.2 Å². The van der Waals surface area contributed by atoms with E-state index in [0.717, 1.165) is 31.7 Å². The second-order valence-electron chi connectivity index (χ2n) is 4.55. The molecule has 0 bridgehead atoms. The predicted octanol–water partition coefficient (Wildman–Crippen LogP) is -0.0350. The summed E-state index contributed by atoms with van der Waals surface area (Å²) < 4.78 is 0. The van der Waals surface area contributed by atoms with Crippen LogP contribution in [-0.2, 0) is 4.79 Å². The van der Waals surface area contributed by atoms with Gasteiger partial charge in [0.15, 0.2) is 0 Å². The van der Waals surface area contributed by atoms with Crippen LogP contribution in [0, 0.1) is 0 Å². The molecule has 1 fully saturated rings. The van der Waals surface area contributed by atoms with Crippen molar-refractivity contribution in [2.45, 2.75) is 6.04 Å². The van der Waals surface area contributed by atoms with Gasteiger partial charge in [0.25, 0.3) is 5.91 Å². The molecule has 5 nitrogen and oxygen atoms in total. The number of nitrogens with one attached hydrogen (secondary N) is 1. The van der Waals surface area contributed by atoms with Crippen molar-refractivity contribution in [1.29, 1.82) is 0 Å². The highest BCUT2D eigenvalue weighted by atomic mass is 16.2. The molecule has 1 unspecified atom stereocenters. The van der Waals surface area contributed by atoms with Gasteiger partial charge >= 0.3 is 0 Å². The van der Waals surface area contributed by atoms with Crippen molar-refractivity contribution in [2.24, 2.45) is 5.84 Å². The minimum absolute atomic E-state index is 0.0666. The minimum atomic E-state index is -0.275. The normalized spacial score (nSPS) is 18.3. The number of piperazine rings is 1. The number of nitrogens with two attached hydrogens (primary N) is 1. The van der Waals surface area contributed by atoms with Crippen molar-refractivity contribution in [3.63, 3.8) is 0 Å². The molecular weight excluding hydrogens is 228 g/mol. The Kier molecular flexibility index (Phi) is 4.30. The number of rotatable bonds is 3. The molecule has 5 heteroatoms. The number of hydrazine groups is 1. The van der Waals surface area contributed by atoms with Crippen molar-refractivity contribution in [1.82, 2.24) is 15.2 Å². The van der Waals surface area contributed by atoms with Crippen LogP contribution in [0.1, 0.15) is 11.6 Å². The van der Waals surface area contributed by atoms with Gasteiger partial charge < -0.3 is 5.32 Å². The van der Waals surface area contributed by atoms with Gasteiger partial charge in [-0.1, -0.05) is 30.3 Å². The summed E-state index contributed by atoms with van der Waals surface area (Å²) in [5.41, 5.74) is 1.00. The topological polar surface area (TPSA) is 61.6 Å². The number of benzene rings is 1. The van der Waals surface area contributed by atoms with Crippen LogP contribution in [0.5, 0.6) is 0 Å². The third-order valence-corrected chi connectivity index (χ3v) is 3.21. The zero-order valence-electron chi connectivity index (χ0n) is 10.7. The van der Waals surface area contributed by atoms with Gasteiger partial charge in [-0.15, -0.1) is 0 Å². The summed E-state index contributed by atoms with van der Waals surface area (Å²) in [7, 11) is 1.60. The van der Waals surface area contributed by atoms with Gasteiger partial charge in [0.05, 0.1) is 0 Å². The van der Waals surface area contributed by atoms with E-state index in [1.807, 2.05) is 30.3 Å². The molecule has 1 aromatic rings. The molecule has 1 heterocycles. The van der Waals surface area contributed by atoms with Gasteiger partial charge in [-0.05, 0) is 5.56 Å². The maximum Gasteiger partial charge on any atom is 0.258 e. The molecule has 1 atom stereocenters. The number of carbonyl (C=O) groups is 1. The van der Waals surface area contributed by atoms with E-state index in [-0.39, 0.29) is 11.9 Å². The molecule has 3 N–H and O–H groups in total. The van der Waals surface area contributed by atoms with Crippen molar-refractivity contribution in [3.8, 4) is 0 Å². The summed E-state index contributed by atoms with van der Waals surface area (Å²) in [4.78, 5) is 14.5. The number of likely N-dealkylation sites (N-methyl/N-ethyl adjacent to an activating group) is 1. The highest BCUT2D eigenvalue weighted by Crippen LogP contribution is 2.22. The molecule has 0 saturated carbocycles. The fourth-order valence-corrected chi connectivity index (χ4v) is 2.28. The predicted molar refractivity (Wildman–Crippen MR) is 70.6 cm³/mol. The van der Waals surface area contributed by atoms with Crippen LogP contribution >= 0.6 is 0 Å². The largest absolute Gasteiger partial charge is 0.314 e. The fraction of sp³-hybridized carbons (Fsp3) is 0.462. The Labute approximate surface area is 108 Å². The summed E-state index contributed by atoms with van der Waals surface area (Å²) in [5, 5.41) is 4.47. The number of amides is 1. The maximum absolute atomic E-state index is 12.3. The average molecular weight is 248 g/mol. The SMILES string of the molecule is CN(N)C(=O)C(c1ccccc1)N1CCNCC1. The maximum atomic E-state index is 12.3. The van der Waals surface area contributed by atoms with Gasteiger partial charge in [-0.2, -0.15) is 0 Å². The van der Waals surface area contributed by atoms with Crippen molar-refractivity contribution >= 4 is 5.91 Å². The Balaban J connectivity index is 2.25. The van der Waals surface area contributed by atoms with Crippen LogP contribution < -0.4 is 11.2 Å². The molecule has 1 saturated heterocycles. The molecular formula is C13H20N4O. The summed E-state index contributed by atoms with van der Waals surface area (Å²) in [5.74, 6) is 5.56. The first-order chi connectivity index (χ1) is 8.70.